The van der Waals surface area contributed by atoms with Gasteiger partial charge in [-0.05, 0) is 62.7 Å². The highest BCUT2D eigenvalue weighted by atomic mass is 16.5. The molecule has 1 aromatic carbocycles. The molecular weight excluding hydrogens is 496 g/mol. The van der Waals surface area contributed by atoms with Crippen molar-refractivity contribution in [1.82, 2.24) is 39.2 Å². The molecule has 0 bridgehead atoms. The Morgan fingerprint density at radius 3 is 2.92 bits per heavy atom. The van der Waals surface area contributed by atoms with E-state index in [4.69, 9.17) is 15.6 Å². The highest BCUT2D eigenvalue weighted by Crippen LogP contribution is 2.31. The third-order valence-corrected chi connectivity index (χ3v) is 6.78. The Hall–Kier alpha value is -5.00. The van der Waals surface area contributed by atoms with Gasteiger partial charge in [-0.3, -0.25) is 4.79 Å². The number of allylic oxidation sites excluding steroid dienone is 1. The van der Waals surface area contributed by atoms with Gasteiger partial charge in [0.25, 0.3) is 5.91 Å². The van der Waals surface area contributed by atoms with Crippen LogP contribution in [0.5, 0.6) is 11.5 Å². The standard InChI is InChI=1S/C27H28N10O2/c1-3-9-35-10-4-5-19(14-35)37-26-23(25(28)30-15-31-26)24(34-37)27(38)33-18-6-7-21(17(2)12-18)39-20-8-11-36-22(13-20)29-16-32-36/h3,6-9,11-13,15-16,19H,4-5,10,14H2,1-2H3,(H,33,38)(H2,28,30,31). The maximum Gasteiger partial charge on any atom is 0.277 e. The number of pyridine rings is 1. The van der Waals surface area contributed by atoms with E-state index in [-0.39, 0.29) is 23.5 Å². The summed E-state index contributed by atoms with van der Waals surface area (Å²) in [6.45, 7) is 5.67. The summed E-state index contributed by atoms with van der Waals surface area (Å²) in [7, 11) is 0. The van der Waals surface area contributed by atoms with Crippen LogP contribution in [0.4, 0.5) is 11.5 Å². The van der Waals surface area contributed by atoms with Gasteiger partial charge in [0.2, 0.25) is 0 Å². The van der Waals surface area contributed by atoms with E-state index in [9.17, 15) is 4.79 Å². The first kappa shape index (κ1) is 24.3. The Morgan fingerprint density at radius 1 is 1.18 bits per heavy atom. The van der Waals surface area contributed by atoms with Gasteiger partial charge in [-0.15, -0.1) is 0 Å². The Labute approximate surface area is 224 Å². The number of nitrogens with two attached hydrogens (primary N) is 1. The number of benzene rings is 1. The molecule has 5 heterocycles. The van der Waals surface area contributed by atoms with Crippen molar-refractivity contribution in [1.29, 1.82) is 0 Å². The van der Waals surface area contributed by atoms with E-state index in [0.29, 0.717) is 33.9 Å². The third-order valence-electron chi connectivity index (χ3n) is 6.78. The summed E-state index contributed by atoms with van der Waals surface area (Å²) in [5.41, 5.74) is 9.12. The van der Waals surface area contributed by atoms with Crippen LogP contribution in [0, 0.1) is 6.92 Å². The van der Waals surface area contributed by atoms with Gasteiger partial charge in [0.05, 0.1) is 11.4 Å². The Morgan fingerprint density at radius 2 is 2.08 bits per heavy atom. The lowest BCUT2D eigenvalue weighted by atomic mass is 10.1. The summed E-state index contributed by atoms with van der Waals surface area (Å²) in [5, 5.41) is 12.2. The average Bonchev–Trinajstić information content (AvgIpc) is 3.56. The second kappa shape index (κ2) is 10.0. The molecule has 4 aromatic heterocycles. The van der Waals surface area contributed by atoms with Crippen molar-refractivity contribution in [2.45, 2.75) is 32.7 Å². The van der Waals surface area contributed by atoms with E-state index in [0.717, 1.165) is 31.5 Å². The van der Waals surface area contributed by atoms with E-state index in [1.54, 1.807) is 22.8 Å². The summed E-state index contributed by atoms with van der Waals surface area (Å²) < 4.78 is 9.54. The molecule has 6 rings (SSSR count). The average molecular weight is 525 g/mol. The van der Waals surface area contributed by atoms with Crippen molar-refractivity contribution in [2.24, 2.45) is 0 Å². The number of hydrogen-bond acceptors (Lipinski definition) is 9. The molecule has 1 saturated heterocycles. The number of nitrogen functional groups attached to an aromatic ring is 1. The number of carbonyl (C=O) groups excluding carboxylic acids is 1. The molecule has 5 aromatic rings. The zero-order valence-corrected chi connectivity index (χ0v) is 21.7. The van der Waals surface area contributed by atoms with Crippen LogP contribution in [-0.4, -0.2) is 58.2 Å². The number of aromatic nitrogens is 7. The molecule has 1 atom stereocenters. The number of fused-ring (bicyclic) bond motifs is 2. The van der Waals surface area contributed by atoms with Gasteiger partial charge in [-0.2, -0.15) is 10.2 Å². The van der Waals surface area contributed by atoms with Crippen LogP contribution in [0.25, 0.3) is 16.7 Å². The number of rotatable bonds is 6. The molecule has 12 nitrogen and oxygen atoms in total. The van der Waals surface area contributed by atoms with Gasteiger partial charge in [0.1, 0.15) is 30.0 Å². The zero-order chi connectivity index (χ0) is 26.9. The lowest BCUT2D eigenvalue weighted by Gasteiger charge is -2.32. The van der Waals surface area contributed by atoms with Gasteiger partial charge in [-0.1, -0.05) is 6.08 Å². The predicted molar refractivity (Wildman–Crippen MR) is 147 cm³/mol. The number of aryl methyl sites for hydroxylation is 1. The highest BCUT2D eigenvalue weighted by molar-refractivity contribution is 6.13. The summed E-state index contributed by atoms with van der Waals surface area (Å²) in [4.78, 5) is 28.5. The molecule has 0 radical (unpaired) electrons. The van der Waals surface area contributed by atoms with Crippen molar-refractivity contribution in [2.75, 3.05) is 24.1 Å². The minimum atomic E-state index is -0.383. The molecule has 1 unspecified atom stereocenters. The SMILES string of the molecule is CC=CN1CCCC(n2nc(C(=O)Nc3ccc(Oc4ccn5ncnc5c4)c(C)c3)c3c(N)ncnc32)C1. The molecule has 12 heteroatoms. The smallest absolute Gasteiger partial charge is 0.277 e. The first-order valence-electron chi connectivity index (χ1n) is 12.7. The molecule has 1 aliphatic heterocycles. The van der Waals surface area contributed by atoms with Crippen LogP contribution in [0.3, 0.4) is 0 Å². The maximum atomic E-state index is 13.5. The first-order chi connectivity index (χ1) is 19.0. The quantitative estimate of drug-likeness (QED) is 0.337. The summed E-state index contributed by atoms with van der Waals surface area (Å²) in [6, 6.07) is 9.12. The zero-order valence-electron chi connectivity index (χ0n) is 21.7. The van der Waals surface area contributed by atoms with Gasteiger partial charge in [-0.25, -0.2) is 24.1 Å². The predicted octanol–water partition coefficient (Wildman–Crippen LogP) is 3.97. The molecule has 1 aliphatic rings. The van der Waals surface area contributed by atoms with Gasteiger partial charge < -0.3 is 20.7 Å². The topological polar surface area (TPSA) is 141 Å². The third kappa shape index (κ3) is 4.72. The number of hydrogen-bond donors (Lipinski definition) is 2. The molecule has 0 aliphatic carbocycles. The maximum absolute atomic E-state index is 13.5. The van der Waals surface area contributed by atoms with Crippen molar-refractivity contribution in [3.05, 3.63) is 72.7 Å². The number of nitrogens with zero attached hydrogens (tertiary/aromatic N) is 8. The summed E-state index contributed by atoms with van der Waals surface area (Å²) >= 11 is 0. The Kier molecular flexibility index (Phi) is 6.27. The summed E-state index contributed by atoms with van der Waals surface area (Å²) in [6.07, 6.45) is 10.7. The van der Waals surface area contributed by atoms with Crippen LogP contribution in [0.15, 0.2) is 61.5 Å². The lowest BCUT2D eigenvalue weighted by molar-refractivity contribution is 0.102. The van der Waals surface area contributed by atoms with Crippen LogP contribution in [0.1, 0.15) is 41.9 Å². The van der Waals surface area contributed by atoms with Gasteiger partial charge >= 0.3 is 0 Å². The fraction of sp³-hybridized carbons (Fsp3) is 0.259. The number of nitrogens with one attached hydrogen (secondary N) is 1. The normalized spacial score (nSPS) is 15.8. The fourth-order valence-electron chi connectivity index (χ4n) is 4.96. The largest absolute Gasteiger partial charge is 0.457 e. The fourth-order valence-corrected chi connectivity index (χ4v) is 4.96. The van der Waals surface area contributed by atoms with E-state index in [2.05, 4.69) is 36.5 Å². The van der Waals surface area contributed by atoms with Gasteiger partial charge in [0, 0.05) is 31.0 Å². The van der Waals surface area contributed by atoms with E-state index in [1.807, 2.05) is 42.8 Å². The van der Waals surface area contributed by atoms with Crippen molar-refractivity contribution < 1.29 is 9.53 Å². The molecule has 0 spiro atoms. The summed E-state index contributed by atoms with van der Waals surface area (Å²) in [5.74, 6) is 1.14. The Balaban J connectivity index is 1.25. The molecule has 39 heavy (non-hydrogen) atoms. The second-order valence-electron chi connectivity index (χ2n) is 9.49. The number of anilines is 2. The van der Waals surface area contributed by atoms with Crippen molar-refractivity contribution >= 4 is 34.1 Å². The van der Waals surface area contributed by atoms with Gasteiger partial charge in [0.15, 0.2) is 17.0 Å². The Bertz CT molecular complexity index is 1710. The molecule has 198 valence electrons. The van der Waals surface area contributed by atoms with E-state index in [1.165, 1.54) is 12.7 Å². The van der Waals surface area contributed by atoms with Crippen LogP contribution in [-0.2, 0) is 0 Å². The highest BCUT2D eigenvalue weighted by Gasteiger charge is 2.27. The lowest BCUT2D eigenvalue weighted by Crippen LogP contribution is -2.33. The van der Waals surface area contributed by atoms with Crippen molar-refractivity contribution in [3.8, 4) is 11.5 Å². The molecular formula is C27H28N10O2. The minimum Gasteiger partial charge on any atom is -0.457 e. The monoisotopic (exact) mass is 524 g/mol. The molecule has 1 amide bonds. The number of piperidine rings is 1. The number of ether oxygens (including phenoxy) is 1. The number of likely N-dealkylation sites (tertiary alicyclic amines) is 1. The minimum absolute atomic E-state index is 0.0592. The van der Waals surface area contributed by atoms with E-state index >= 15 is 0 Å². The van der Waals surface area contributed by atoms with Crippen molar-refractivity contribution in [3.63, 3.8) is 0 Å². The molecule has 0 saturated carbocycles. The van der Waals surface area contributed by atoms with Crippen LogP contribution < -0.4 is 15.8 Å². The number of amides is 1. The van der Waals surface area contributed by atoms with Crippen LogP contribution >= 0.6 is 0 Å². The second-order valence-corrected chi connectivity index (χ2v) is 9.49. The number of carbonyl (C=O) groups is 1. The molecule has 3 N–H and O–H groups in total. The van der Waals surface area contributed by atoms with Crippen LogP contribution in [0.2, 0.25) is 0 Å². The first-order valence-corrected chi connectivity index (χ1v) is 12.7. The van der Waals surface area contributed by atoms with E-state index < -0.39 is 0 Å². The molecule has 1 fully saturated rings.